The van der Waals surface area contributed by atoms with Crippen molar-refractivity contribution in [1.82, 2.24) is 0 Å². The summed E-state index contributed by atoms with van der Waals surface area (Å²) >= 11 is 0. The Bertz CT molecular complexity index is 387. The van der Waals surface area contributed by atoms with Gasteiger partial charge in [-0.25, -0.2) is 0 Å². The summed E-state index contributed by atoms with van der Waals surface area (Å²) in [4.78, 5) is 11.0. The van der Waals surface area contributed by atoms with Gasteiger partial charge < -0.3 is 11.1 Å². The van der Waals surface area contributed by atoms with Crippen molar-refractivity contribution in [3.8, 4) is 0 Å². The zero-order valence-electron chi connectivity index (χ0n) is 7.49. The largest absolute Gasteiger partial charge is 0.381 e. The predicted molar refractivity (Wildman–Crippen MR) is 59.4 cm³/mol. The van der Waals surface area contributed by atoms with Crippen LogP contribution in [0, 0.1) is 0 Å². The minimum atomic E-state index is -0.367. The van der Waals surface area contributed by atoms with E-state index in [1.54, 1.807) is 0 Å². The zero-order chi connectivity index (χ0) is 9.26. The summed E-state index contributed by atoms with van der Waals surface area (Å²) in [5.74, 6) is -0.367. The monoisotopic (exact) mass is 210 g/mol. The average Bonchev–Trinajstić information content (AvgIpc) is 2.17. The van der Waals surface area contributed by atoms with Crippen molar-refractivity contribution < 1.29 is 4.79 Å². The Morgan fingerprint density at radius 1 is 1.36 bits per heavy atom. The predicted octanol–water partition coefficient (Wildman–Crippen LogP) is 1.40. The van der Waals surface area contributed by atoms with Gasteiger partial charge in [-0.1, -0.05) is 24.3 Å². The molecule has 14 heavy (non-hydrogen) atoms. The first-order valence-corrected chi connectivity index (χ1v) is 4.12. The van der Waals surface area contributed by atoms with Crippen molar-refractivity contribution >= 4 is 29.6 Å². The number of hydrogen-bond donors (Lipinski definition) is 2. The van der Waals surface area contributed by atoms with Crippen molar-refractivity contribution in [3.05, 3.63) is 35.9 Å². The average molecular weight is 211 g/mol. The van der Waals surface area contributed by atoms with E-state index in [2.05, 4.69) is 5.32 Å². The number of amides is 1. The molecule has 0 saturated heterocycles. The summed E-state index contributed by atoms with van der Waals surface area (Å²) < 4.78 is 0. The number of halogens is 1. The second-order valence-corrected chi connectivity index (χ2v) is 2.91. The SMILES string of the molecule is Cl.NC(=O)C1=CCNc2ccccc21. The highest BCUT2D eigenvalue weighted by Crippen LogP contribution is 2.26. The molecular weight excluding hydrogens is 200 g/mol. The van der Waals surface area contributed by atoms with E-state index in [1.807, 2.05) is 30.3 Å². The first-order chi connectivity index (χ1) is 6.29. The van der Waals surface area contributed by atoms with Crippen LogP contribution in [0.25, 0.3) is 5.57 Å². The Balaban J connectivity index is 0.000000980. The van der Waals surface area contributed by atoms with Crippen LogP contribution in [0.5, 0.6) is 0 Å². The molecule has 0 unspecified atom stereocenters. The fraction of sp³-hybridized carbons (Fsp3) is 0.100. The van der Waals surface area contributed by atoms with Gasteiger partial charge in [0.25, 0.3) is 0 Å². The van der Waals surface area contributed by atoms with Crippen molar-refractivity contribution in [2.45, 2.75) is 0 Å². The third-order valence-corrected chi connectivity index (χ3v) is 2.08. The van der Waals surface area contributed by atoms with Gasteiger partial charge in [0.05, 0.1) is 0 Å². The fourth-order valence-electron chi connectivity index (χ4n) is 1.48. The van der Waals surface area contributed by atoms with E-state index in [0.29, 0.717) is 12.1 Å². The van der Waals surface area contributed by atoms with Crippen molar-refractivity contribution in [3.63, 3.8) is 0 Å². The number of nitrogens with two attached hydrogens (primary N) is 1. The lowest BCUT2D eigenvalue weighted by Crippen LogP contribution is -2.18. The Morgan fingerprint density at radius 2 is 2.07 bits per heavy atom. The van der Waals surface area contributed by atoms with E-state index in [-0.39, 0.29) is 18.3 Å². The Kier molecular flexibility index (Phi) is 3.14. The minimum Gasteiger partial charge on any atom is -0.381 e. The van der Waals surface area contributed by atoms with Crippen LogP contribution < -0.4 is 11.1 Å². The van der Waals surface area contributed by atoms with Crippen LogP contribution >= 0.6 is 12.4 Å². The van der Waals surface area contributed by atoms with Crippen LogP contribution in [0.4, 0.5) is 5.69 Å². The molecule has 1 amide bonds. The van der Waals surface area contributed by atoms with E-state index in [4.69, 9.17) is 5.73 Å². The van der Waals surface area contributed by atoms with E-state index < -0.39 is 0 Å². The topological polar surface area (TPSA) is 55.1 Å². The number of rotatable bonds is 1. The second kappa shape index (κ2) is 4.15. The first kappa shape index (κ1) is 10.6. The van der Waals surface area contributed by atoms with Crippen LogP contribution in [0.3, 0.4) is 0 Å². The number of primary amides is 1. The van der Waals surface area contributed by atoms with Gasteiger partial charge in [-0.15, -0.1) is 12.4 Å². The molecule has 0 aromatic heterocycles. The van der Waals surface area contributed by atoms with Gasteiger partial charge >= 0.3 is 0 Å². The van der Waals surface area contributed by atoms with E-state index in [9.17, 15) is 4.79 Å². The molecular formula is C10H11ClN2O. The summed E-state index contributed by atoms with van der Waals surface area (Å²) in [6.07, 6.45) is 1.81. The van der Waals surface area contributed by atoms with E-state index in [1.165, 1.54) is 0 Å². The molecule has 1 aromatic carbocycles. The standard InChI is InChI=1S/C10H10N2O.ClH/c11-10(13)8-5-6-12-9-4-2-1-3-7(8)9;/h1-5,12H,6H2,(H2,11,13);1H. The Labute approximate surface area is 88.4 Å². The maximum atomic E-state index is 11.0. The normalized spacial score (nSPS) is 13.0. The van der Waals surface area contributed by atoms with Gasteiger partial charge in [-0.05, 0) is 6.07 Å². The number of benzene rings is 1. The van der Waals surface area contributed by atoms with Gasteiger partial charge in [0.2, 0.25) is 5.91 Å². The number of nitrogens with one attached hydrogen (secondary N) is 1. The van der Waals surface area contributed by atoms with Gasteiger partial charge in [0, 0.05) is 23.4 Å². The zero-order valence-corrected chi connectivity index (χ0v) is 8.30. The summed E-state index contributed by atoms with van der Waals surface area (Å²) in [6.45, 7) is 0.662. The van der Waals surface area contributed by atoms with Crippen LogP contribution in [0.1, 0.15) is 5.56 Å². The molecule has 74 valence electrons. The molecule has 3 N–H and O–H groups in total. The molecule has 3 nitrogen and oxygen atoms in total. The molecule has 0 bridgehead atoms. The molecule has 1 heterocycles. The van der Waals surface area contributed by atoms with Gasteiger partial charge in [-0.3, -0.25) is 4.79 Å². The second-order valence-electron chi connectivity index (χ2n) is 2.91. The summed E-state index contributed by atoms with van der Waals surface area (Å²) in [5.41, 5.74) is 7.71. The number of para-hydroxylation sites is 1. The van der Waals surface area contributed by atoms with Crippen LogP contribution in [-0.2, 0) is 4.79 Å². The summed E-state index contributed by atoms with van der Waals surface area (Å²) in [7, 11) is 0. The smallest absolute Gasteiger partial charge is 0.249 e. The third kappa shape index (κ3) is 1.72. The number of fused-ring (bicyclic) bond motifs is 1. The van der Waals surface area contributed by atoms with Crippen molar-refractivity contribution in [2.75, 3.05) is 11.9 Å². The molecule has 0 spiro atoms. The van der Waals surface area contributed by atoms with Crippen LogP contribution in [0.2, 0.25) is 0 Å². The van der Waals surface area contributed by atoms with Gasteiger partial charge in [-0.2, -0.15) is 0 Å². The number of carbonyl (C=O) groups is 1. The van der Waals surface area contributed by atoms with Crippen LogP contribution in [-0.4, -0.2) is 12.5 Å². The third-order valence-electron chi connectivity index (χ3n) is 2.08. The maximum absolute atomic E-state index is 11.0. The maximum Gasteiger partial charge on any atom is 0.249 e. The number of carbonyl (C=O) groups excluding carboxylic acids is 1. The molecule has 4 heteroatoms. The quantitative estimate of drug-likeness (QED) is 0.736. The van der Waals surface area contributed by atoms with Gasteiger partial charge in [0.1, 0.15) is 0 Å². The molecule has 0 aliphatic carbocycles. The molecule has 0 fully saturated rings. The fourth-order valence-corrected chi connectivity index (χ4v) is 1.48. The molecule has 1 aliphatic heterocycles. The van der Waals surface area contributed by atoms with Crippen LogP contribution in [0.15, 0.2) is 30.3 Å². The molecule has 1 aliphatic rings. The Hall–Kier alpha value is -1.48. The highest BCUT2D eigenvalue weighted by atomic mass is 35.5. The lowest BCUT2D eigenvalue weighted by molar-refractivity contribution is -0.112. The van der Waals surface area contributed by atoms with Gasteiger partial charge in [0.15, 0.2) is 0 Å². The Morgan fingerprint density at radius 3 is 2.79 bits per heavy atom. The molecule has 1 aromatic rings. The highest BCUT2D eigenvalue weighted by molar-refractivity contribution is 6.20. The van der Waals surface area contributed by atoms with E-state index >= 15 is 0 Å². The molecule has 0 radical (unpaired) electrons. The van der Waals surface area contributed by atoms with Crippen molar-refractivity contribution in [2.24, 2.45) is 5.73 Å². The lowest BCUT2D eigenvalue weighted by Gasteiger charge is -2.16. The lowest BCUT2D eigenvalue weighted by atomic mass is 10.0. The minimum absolute atomic E-state index is 0. The molecule has 0 saturated carbocycles. The molecule has 2 rings (SSSR count). The number of hydrogen-bond acceptors (Lipinski definition) is 2. The van der Waals surface area contributed by atoms with E-state index in [0.717, 1.165) is 11.3 Å². The highest BCUT2D eigenvalue weighted by Gasteiger charge is 2.14. The number of anilines is 1. The first-order valence-electron chi connectivity index (χ1n) is 4.12. The summed E-state index contributed by atoms with van der Waals surface area (Å²) in [6, 6.07) is 7.64. The molecule has 0 atom stereocenters. The van der Waals surface area contributed by atoms with Crippen molar-refractivity contribution in [1.29, 1.82) is 0 Å². The summed E-state index contributed by atoms with van der Waals surface area (Å²) in [5, 5.41) is 3.16.